The van der Waals surface area contributed by atoms with Gasteiger partial charge in [0.15, 0.2) is 0 Å². The molecule has 2 aromatic carbocycles. The zero-order valence-electron chi connectivity index (χ0n) is 13.8. The van der Waals surface area contributed by atoms with Crippen LogP contribution in [0.15, 0.2) is 73.1 Å². The van der Waals surface area contributed by atoms with Gasteiger partial charge in [0.05, 0.1) is 23.3 Å². The van der Waals surface area contributed by atoms with Gasteiger partial charge in [0.25, 0.3) is 0 Å². The van der Waals surface area contributed by atoms with Crippen LogP contribution in [0.4, 0.5) is 0 Å². The molecular weight excluding hydrogens is 396 g/mol. The number of carboxylic acids is 2. The van der Waals surface area contributed by atoms with Gasteiger partial charge in [-0.2, -0.15) is 0 Å². The zero-order valence-corrected chi connectivity index (χ0v) is 14.7. The molecule has 0 atom stereocenters. The summed E-state index contributed by atoms with van der Waals surface area (Å²) in [5.74, 6) is -2.48. The van der Waals surface area contributed by atoms with E-state index in [1.807, 2.05) is 24.3 Å². The third-order valence-corrected chi connectivity index (χ3v) is 3.73. The molecule has 4 rings (SSSR count). The Kier molecular flexibility index (Phi) is 6.60. The minimum Gasteiger partial charge on any atom is -0.543 e. The molecule has 4 aromatic rings. The normalized spacial score (nSPS) is 9.78. The van der Waals surface area contributed by atoms with Gasteiger partial charge in [0.2, 0.25) is 0 Å². The molecule has 0 spiro atoms. The third-order valence-electron chi connectivity index (χ3n) is 3.73. The maximum atomic E-state index is 10.6. The maximum Gasteiger partial charge on any atom is 2.00 e. The van der Waals surface area contributed by atoms with Crippen molar-refractivity contribution in [1.82, 2.24) is 9.97 Å². The molecule has 0 bridgehead atoms. The van der Waals surface area contributed by atoms with E-state index in [4.69, 9.17) is 0 Å². The van der Waals surface area contributed by atoms with E-state index in [0.29, 0.717) is 10.8 Å². The van der Waals surface area contributed by atoms with Crippen LogP contribution in [0.3, 0.4) is 0 Å². The Labute approximate surface area is 165 Å². The van der Waals surface area contributed by atoms with Crippen LogP contribution in [0.1, 0.15) is 21.0 Å². The van der Waals surface area contributed by atoms with Crippen molar-refractivity contribution in [3.63, 3.8) is 0 Å². The number of pyridine rings is 2. The van der Waals surface area contributed by atoms with E-state index < -0.39 is 11.9 Å². The van der Waals surface area contributed by atoms with Crippen molar-refractivity contribution in [3.8, 4) is 0 Å². The molecule has 6 nitrogen and oxygen atoms in total. The van der Waals surface area contributed by atoms with Crippen molar-refractivity contribution in [2.45, 2.75) is 0 Å². The van der Waals surface area contributed by atoms with E-state index in [9.17, 15) is 19.8 Å². The average molecular weight is 408 g/mol. The number of carboxylic acid groups (broad SMARTS) is 2. The maximum absolute atomic E-state index is 10.6. The molecule has 2 heterocycles. The summed E-state index contributed by atoms with van der Waals surface area (Å²) >= 11 is 0. The van der Waals surface area contributed by atoms with Crippen LogP contribution in [-0.4, -0.2) is 21.9 Å². The van der Waals surface area contributed by atoms with Crippen molar-refractivity contribution in [3.05, 3.63) is 84.4 Å². The first-order valence-electron chi connectivity index (χ1n) is 7.68. The molecule has 0 saturated carbocycles. The number of aromatic carboxylic acids is 2. The summed E-state index contributed by atoms with van der Waals surface area (Å²) in [4.78, 5) is 28.8. The van der Waals surface area contributed by atoms with Crippen molar-refractivity contribution in [1.29, 1.82) is 0 Å². The molecule has 0 aliphatic heterocycles. The van der Waals surface area contributed by atoms with E-state index in [2.05, 4.69) is 9.97 Å². The summed E-state index contributed by atoms with van der Waals surface area (Å²) in [5.41, 5.74) is -0.00352. The minimum atomic E-state index is -1.24. The number of carbonyl (C=O) groups excluding carboxylic acids is 2. The monoisotopic (exact) mass is 407 g/mol. The summed E-state index contributed by atoms with van der Waals surface area (Å²) in [5, 5.41) is 24.2. The minimum absolute atomic E-state index is 0. The summed E-state index contributed by atoms with van der Waals surface area (Å²) in [6, 6.07) is 17.9. The fourth-order valence-electron chi connectivity index (χ4n) is 2.56. The molecule has 2 aromatic heterocycles. The average Bonchev–Trinajstić information content (AvgIpc) is 2.67. The smallest absolute Gasteiger partial charge is 0.543 e. The molecule has 0 aliphatic rings. The van der Waals surface area contributed by atoms with Gasteiger partial charge >= 0.3 is 17.1 Å². The second kappa shape index (κ2) is 8.89. The Bertz CT molecular complexity index is 1020. The molecular formula is C20H12CuN2O4. The summed E-state index contributed by atoms with van der Waals surface area (Å²) in [6.07, 6.45) is 2.93. The molecule has 1 radical (unpaired) electrons. The summed E-state index contributed by atoms with van der Waals surface area (Å²) in [6.45, 7) is 0. The van der Waals surface area contributed by atoms with E-state index in [-0.39, 0.29) is 28.5 Å². The van der Waals surface area contributed by atoms with Gasteiger partial charge in [-0.15, -0.1) is 0 Å². The molecule has 7 heteroatoms. The first-order chi connectivity index (χ1) is 12.6. The number of hydrogen-bond donors (Lipinski definition) is 0. The number of aromatic nitrogens is 2. The number of fused-ring (bicyclic) bond motifs is 2. The van der Waals surface area contributed by atoms with Gasteiger partial charge < -0.3 is 19.8 Å². The third kappa shape index (κ3) is 4.47. The number of carbonyl (C=O) groups is 2. The van der Waals surface area contributed by atoms with Gasteiger partial charge in [0, 0.05) is 23.2 Å². The first-order valence-corrected chi connectivity index (χ1v) is 7.68. The van der Waals surface area contributed by atoms with Crippen LogP contribution < -0.4 is 10.2 Å². The zero-order chi connectivity index (χ0) is 18.5. The number of rotatable bonds is 2. The second-order valence-electron chi connectivity index (χ2n) is 5.34. The molecule has 0 aliphatic carbocycles. The topological polar surface area (TPSA) is 106 Å². The van der Waals surface area contributed by atoms with Crippen molar-refractivity contribution in [2.24, 2.45) is 0 Å². The van der Waals surface area contributed by atoms with Crippen molar-refractivity contribution >= 4 is 33.5 Å². The quantitative estimate of drug-likeness (QED) is 0.462. The Balaban J connectivity index is 0.000000187. The van der Waals surface area contributed by atoms with Crippen LogP contribution in [0, 0.1) is 0 Å². The van der Waals surface area contributed by atoms with E-state index >= 15 is 0 Å². The van der Waals surface area contributed by atoms with Gasteiger partial charge in [-0.05, 0) is 22.9 Å². The molecule has 0 unspecified atom stereocenters. The summed E-state index contributed by atoms with van der Waals surface area (Å²) < 4.78 is 0. The predicted molar refractivity (Wildman–Crippen MR) is 92.1 cm³/mol. The van der Waals surface area contributed by atoms with E-state index in [0.717, 1.165) is 10.8 Å². The van der Waals surface area contributed by atoms with Gasteiger partial charge in [-0.3, -0.25) is 9.97 Å². The molecule has 0 saturated heterocycles. The van der Waals surface area contributed by atoms with Crippen LogP contribution in [0.5, 0.6) is 0 Å². The van der Waals surface area contributed by atoms with Crippen molar-refractivity contribution in [2.75, 3.05) is 0 Å². The van der Waals surface area contributed by atoms with Crippen LogP contribution >= 0.6 is 0 Å². The fraction of sp³-hybridized carbons (Fsp3) is 0. The van der Waals surface area contributed by atoms with Crippen LogP contribution in [0.25, 0.3) is 21.5 Å². The Morgan fingerprint density at radius 1 is 0.630 bits per heavy atom. The van der Waals surface area contributed by atoms with E-state index in [1.165, 1.54) is 12.4 Å². The van der Waals surface area contributed by atoms with Crippen molar-refractivity contribution < 1.29 is 36.9 Å². The van der Waals surface area contributed by atoms with Crippen LogP contribution in [0.2, 0.25) is 0 Å². The Morgan fingerprint density at radius 2 is 1.00 bits per heavy atom. The molecule has 27 heavy (non-hydrogen) atoms. The summed E-state index contributed by atoms with van der Waals surface area (Å²) in [7, 11) is 0. The number of hydrogen-bond acceptors (Lipinski definition) is 6. The van der Waals surface area contributed by atoms with Crippen LogP contribution in [-0.2, 0) is 17.1 Å². The molecule has 0 amide bonds. The first kappa shape index (κ1) is 20.0. The van der Waals surface area contributed by atoms with Gasteiger partial charge in [0.1, 0.15) is 0 Å². The standard InChI is InChI=1S/2C10H7NO2.Cu/c2*12-10(13)9-8-4-2-1-3-7(8)5-6-11-9;/h2*1-6H,(H,12,13);/q;;+2/p-2. The SMILES string of the molecule is O=C([O-])c1nccc2ccccc12.O=C([O-])c1nccc2ccccc12.[Cu+2]. The Hall–Kier alpha value is -3.28. The van der Waals surface area contributed by atoms with E-state index in [1.54, 1.807) is 36.4 Å². The largest absolute Gasteiger partial charge is 2.00 e. The Morgan fingerprint density at radius 3 is 1.37 bits per heavy atom. The fourth-order valence-corrected chi connectivity index (χ4v) is 2.56. The number of nitrogens with zero attached hydrogens (tertiary/aromatic N) is 2. The molecule has 137 valence electrons. The van der Waals surface area contributed by atoms with Gasteiger partial charge in [-0.25, -0.2) is 0 Å². The molecule has 0 fully saturated rings. The second-order valence-corrected chi connectivity index (χ2v) is 5.34. The van der Waals surface area contributed by atoms with Gasteiger partial charge in [-0.1, -0.05) is 48.5 Å². The molecule has 0 N–H and O–H groups in total. The predicted octanol–water partition coefficient (Wildman–Crippen LogP) is 1.19. The number of benzene rings is 2.